The number of urea groups is 1. The Balaban J connectivity index is 2.56. The Hall–Kier alpha value is -1.52. The molecule has 0 aliphatic carbocycles. The van der Waals surface area contributed by atoms with E-state index in [4.69, 9.17) is 0 Å². The summed E-state index contributed by atoms with van der Waals surface area (Å²) >= 11 is 0. The molecule has 1 fully saturated rings. The SMILES string of the molecule is CCN(/C=C\C(=O)N1CCN(C)C1=O)CC. The third kappa shape index (κ3) is 2.74. The number of amides is 3. The highest BCUT2D eigenvalue weighted by Crippen LogP contribution is 2.06. The molecule has 5 heteroatoms. The van der Waals surface area contributed by atoms with Crippen LogP contribution in [-0.2, 0) is 4.79 Å². The van der Waals surface area contributed by atoms with E-state index in [2.05, 4.69) is 0 Å². The van der Waals surface area contributed by atoms with Crippen LogP contribution in [0.2, 0.25) is 0 Å². The average Bonchev–Trinajstić information content (AvgIpc) is 2.61. The molecule has 0 spiro atoms. The van der Waals surface area contributed by atoms with E-state index < -0.39 is 0 Å². The van der Waals surface area contributed by atoms with Crippen LogP contribution >= 0.6 is 0 Å². The fourth-order valence-corrected chi connectivity index (χ4v) is 1.55. The van der Waals surface area contributed by atoms with Gasteiger partial charge in [0.25, 0.3) is 5.91 Å². The zero-order valence-electron chi connectivity index (χ0n) is 10.1. The lowest BCUT2D eigenvalue weighted by atomic mass is 10.4. The number of carbonyl (C=O) groups is 2. The molecule has 1 heterocycles. The number of rotatable bonds is 4. The van der Waals surface area contributed by atoms with Crippen LogP contribution in [0.3, 0.4) is 0 Å². The van der Waals surface area contributed by atoms with Crippen molar-refractivity contribution in [2.45, 2.75) is 13.8 Å². The molecule has 0 atom stereocenters. The van der Waals surface area contributed by atoms with Crippen molar-refractivity contribution in [1.82, 2.24) is 14.7 Å². The van der Waals surface area contributed by atoms with Crippen LogP contribution in [0.5, 0.6) is 0 Å². The standard InChI is InChI=1S/C11H19N3O2/c1-4-13(5-2)7-6-10(15)14-9-8-12(3)11(14)16/h6-7H,4-5,8-9H2,1-3H3/b7-6-. The molecule has 1 aliphatic heterocycles. The molecule has 0 aromatic carbocycles. The van der Waals surface area contributed by atoms with Gasteiger partial charge >= 0.3 is 6.03 Å². The molecule has 1 aliphatic rings. The maximum atomic E-state index is 11.7. The van der Waals surface area contributed by atoms with Crippen LogP contribution in [0, 0.1) is 0 Å². The van der Waals surface area contributed by atoms with Crippen molar-refractivity contribution in [1.29, 1.82) is 0 Å². The summed E-state index contributed by atoms with van der Waals surface area (Å²) in [5, 5.41) is 0. The largest absolute Gasteiger partial charge is 0.378 e. The van der Waals surface area contributed by atoms with Gasteiger partial charge in [0.2, 0.25) is 0 Å². The topological polar surface area (TPSA) is 43.9 Å². The summed E-state index contributed by atoms with van der Waals surface area (Å²) in [6.07, 6.45) is 3.21. The van der Waals surface area contributed by atoms with E-state index in [0.29, 0.717) is 13.1 Å². The Morgan fingerprint density at radius 3 is 2.44 bits per heavy atom. The molecule has 0 bridgehead atoms. The van der Waals surface area contributed by atoms with Crippen molar-refractivity contribution in [3.8, 4) is 0 Å². The fraction of sp³-hybridized carbons (Fsp3) is 0.636. The molecule has 0 radical (unpaired) electrons. The van der Waals surface area contributed by atoms with Gasteiger partial charge < -0.3 is 9.80 Å². The summed E-state index contributed by atoms with van der Waals surface area (Å²) in [7, 11) is 1.70. The minimum Gasteiger partial charge on any atom is -0.378 e. The molecule has 5 nitrogen and oxygen atoms in total. The second-order valence-corrected chi connectivity index (χ2v) is 3.73. The summed E-state index contributed by atoms with van der Waals surface area (Å²) in [5.41, 5.74) is 0. The van der Waals surface area contributed by atoms with E-state index in [9.17, 15) is 9.59 Å². The Morgan fingerprint density at radius 2 is 2.00 bits per heavy atom. The van der Waals surface area contributed by atoms with Crippen LogP contribution in [0.4, 0.5) is 4.79 Å². The van der Waals surface area contributed by atoms with Crippen molar-refractivity contribution in [3.05, 3.63) is 12.3 Å². The molecule has 90 valence electrons. The minimum atomic E-state index is -0.235. The highest BCUT2D eigenvalue weighted by Gasteiger charge is 2.29. The molecule has 3 amide bonds. The van der Waals surface area contributed by atoms with Gasteiger partial charge in [-0.2, -0.15) is 0 Å². The third-order valence-electron chi connectivity index (χ3n) is 2.72. The lowest BCUT2D eigenvalue weighted by Crippen LogP contribution is -2.34. The van der Waals surface area contributed by atoms with Crippen LogP contribution in [0.15, 0.2) is 12.3 Å². The zero-order valence-corrected chi connectivity index (χ0v) is 10.1. The van der Waals surface area contributed by atoms with Gasteiger partial charge in [0.15, 0.2) is 0 Å². The second kappa shape index (κ2) is 5.53. The van der Waals surface area contributed by atoms with Crippen molar-refractivity contribution >= 4 is 11.9 Å². The van der Waals surface area contributed by atoms with Gasteiger partial charge in [-0.1, -0.05) is 0 Å². The van der Waals surface area contributed by atoms with Crippen molar-refractivity contribution in [2.24, 2.45) is 0 Å². The Kier molecular flexibility index (Phi) is 4.34. The fourth-order valence-electron chi connectivity index (χ4n) is 1.55. The molecule has 0 unspecified atom stereocenters. The van der Waals surface area contributed by atoms with E-state index in [1.54, 1.807) is 18.1 Å². The predicted octanol–water partition coefficient (Wildman–Crippen LogP) is 0.736. The molecular weight excluding hydrogens is 206 g/mol. The molecule has 0 aromatic heterocycles. The van der Waals surface area contributed by atoms with Crippen LogP contribution in [-0.4, -0.2) is 59.9 Å². The van der Waals surface area contributed by atoms with Crippen molar-refractivity contribution in [3.63, 3.8) is 0 Å². The van der Waals surface area contributed by atoms with E-state index in [1.807, 2.05) is 18.7 Å². The first-order chi connectivity index (χ1) is 7.60. The third-order valence-corrected chi connectivity index (χ3v) is 2.72. The first-order valence-electron chi connectivity index (χ1n) is 5.59. The molecule has 1 rings (SSSR count). The van der Waals surface area contributed by atoms with Gasteiger partial charge in [0, 0.05) is 45.5 Å². The Bertz CT molecular complexity index is 298. The first-order valence-corrected chi connectivity index (χ1v) is 5.59. The number of likely N-dealkylation sites (N-methyl/N-ethyl adjacent to an activating group) is 1. The zero-order chi connectivity index (χ0) is 12.1. The monoisotopic (exact) mass is 225 g/mol. The number of hydrogen-bond acceptors (Lipinski definition) is 3. The highest BCUT2D eigenvalue weighted by atomic mass is 16.2. The van der Waals surface area contributed by atoms with E-state index in [-0.39, 0.29) is 11.9 Å². The van der Waals surface area contributed by atoms with Gasteiger partial charge in [-0.05, 0) is 13.8 Å². The van der Waals surface area contributed by atoms with Crippen LogP contribution in [0.25, 0.3) is 0 Å². The average molecular weight is 225 g/mol. The summed E-state index contributed by atoms with van der Waals surface area (Å²) < 4.78 is 0. The summed E-state index contributed by atoms with van der Waals surface area (Å²) in [5.74, 6) is -0.235. The molecule has 0 N–H and O–H groups in total. The van der Waals surface area contributed by atoms with Crippen LogP contribution in [0.1, 0.15) is 13.8 Å². The maximum absolute atomic E-state index is 11.7. The van der Waals surface area contributed by atoms with E-state index >= 15 is 0 Å². The van der Waals surface area contributed by atoms with E-state index in [0.717, 1.165) is 13.1 Å². The minimum absolute atomic E-state index is 0.214. The molecule has 0 aromatic rings. The lowest BCUT2D eigenvalue weighted by Gasteiger charge is -2.16. The molecule has 16 heavy (non-hydrogen) atoms. The van der Waals surface area contributed by atoms with Gasteiger partial charge in [0.05, 0.1) is 0 Å². The number of imide groups is 1. The lowest BCUT2D eigenvalue weighted by molar-refractivity contribution is -0.122. The van der Waals surface area contributed by atoms with Gasteiger partial charge in [0.1, 0.15) is 0 Å². The first kappa shape index (κ1) is 12.5. The van der Waals surface area contributed by atoms with Gasteiger partial charge in [-0.3, -0.25) is 9.69 Å². The summed E-state index contributed by atoms with van der Waals surface area (Å²) in [6.45, 7) is 6.85. The molecule has 1 saturated heterocycles. The second-order valence-electron chi connectivity index (χ2n) is 3.73. The van der Waals surface area contributed by atoms with Gasteiger partial charge in [-0.25, -0.2) is 4.79 Å². The number of carbonyl (C=O) groups excluding carboxylic acids is 2. The van der Waals surface area contributed by atoms with Gasteiger partial charge in [-0.15, -0.1) is 0 Å². The van der Waals surface area contributed by atoms with E-state index in [1.165, 1.54) is 11.0 Å². The highest BCUT2D eigenvalue weighted by molar-refractivity contribution is 6.01. The summed E-state index contributed by atoms with van der Waals surface area (Å²) in [6, 6.07) is -0.214. The molecule has 0 saturated carbocycles. The van der Waals surface area contributed by atoms with Crippen molar-refractivity contribution in [2.75, 3.05) is 33.2 Å². The van der Waals surface area contributed by atoms with Crippen LogP contribution < -0.4 is 0 Å². The number of nitrogens with zero attached hydrogens (tertiary/aromatic N) is 3. The Labute approximate surface area is 96.3 Å². The van der Waals surface area contributed by atoms with Crippen molar-refractivity contribution < 1.29 is 9.59 Å². The predicted molar refractivity (Wildman–Crippen MR) is 61.8 cm³/mol. The quantitative estimate of drug-likeness (QED) is 0.663. The normalized spacial score (nSPS) is 16.3. The Morgan fingerprint density at radius 1 is 1.38 bits per heavy atom. The smallest absolute Gasteiger partial charge is 0.326 e. The summed E-state index contributed by atoms with van der Waals surface area (Å²) in [4.78, 5) is 28.0. The molecular formula is C11H19N3O2. The maximum Gasteiger partial charge on any atom is 0.326 e. The number of hydrogen-bond donors (Lipinski definition) is 0.